The highest BCUT2D eigenvalue weighted by Crippen LogP contribution is 2.26. The molecule has 29 heavy (non-hydrogen) atoms. The molecule has 0 aliphatic carbocycles. The molecule has 0 aromatic heterocycles. The molecule has 1 aliphatic heterocycles. The minimum absolute atomic E-state index is 0.0324. The predicted molar refractivity (Wildman–Crippen MR) is 118 cm³/mol. The number of hydrogen-bond donors (Lipinski definition) is 0. The summed E-state index contributed by atoms with van der Waals surface area (Å²) in [6.45, 7) is 7.84. The highest BCUT2D eigenvalue weighted by molar-refractivity contribution is 5.95. The zero-order valence-corrected chi connectivity index (χ0v) is 17.8. The molecule has 2 aromatic carbocycles. The highest BCUT2D eigenvalue weighted by atomic mass is 16.2. The molecule has 2 aromatic rings. The molecule has 0 bridgehead atoms. The number of nitrogens with zero attached hydrogens (tertiary/aromatic N) is 2. The zero-order valence-electron chi connectivity index (χ0n) is 17.8. The summed E-state index contributed by atoms with van der Waals surface area (Å²) in [5, 5.41) is 0. The molecule has 0 radical (unpaired) electrons. The van der Waals surface area contributed by atoms with Crippen molar-refractivity contribution in [3.05, 3.63) is 66.2 Å². The Labute approximate surface area is 174 Å². The van der Waals surface area contributed by atoms with Gasteiger partial charge >= 0.3 is 0 Å². The number of rotatable bonds is 5. The van der Waals surface area contributed by atoms with Gasteiger partial charge in [-0.05, 0) is 37.0 Å². The number of anilines is 1. The van der Waals surface area contributed by atoms with E-state index in [-0.39, 0.29) is 23.1 Å². The van der Waals surface area contributed by atoms with E-state index in [1.165, 1.54) is 5.56 Å². The number of likely N-dealkylation sites (tertiary alicyclic amines) is 1. The Morgan fingerprint density at radius 2 is 1.48 bits per heavy atom. The first kappa shape index (κ1) is 21.1. The van der Waals surface area contributed by atoms with Gasteiger partial charge in [0.25, 0.3) is 0 Å². The van der Waals surface area contributed by atoms with Gasteiger partial charge in [0.2, 0.25) is 11.8 Å². The number of para-hydroxylation sites is 1. The molecule has 154 valence electrons. The summed E-state index contributed by atoms with van der Waals surface area (Å²) in [5.74, 6) is 0.317. The first-order chi connectivity index (χ1) is 13.9. The lowest BCUT2D eigenvalue weighted by atomic mass is 9.90. The van der Waals surface area contributed by atoms with Crippen molar-refractivity contribution in [3.63, 3.8) is 0 Å². The van der Waals surface area contributed by atoms with E-state index in [1.807, 2.05) is 79.1 Å². The molecule has 1 saturated heterocycles. The van der Waals surface area contributed by atoms with Crippen LogP contribution < -0.4 is 4.90 Å². The molecule has 4 heteroatoms. The van der Waals surface area contributed by atoms with Gasteiger partial charge < -0.3 is 9.80 Å². The van der Waals surface area contributed by atoms with Gasteiger partial charge in [-0.3, -0.25) is 9.59 Å². The number of benzene rings is 2. The van der Waals surface area contributed by atoms with Crippen LogP contribution in [-0.4, -0.2) is 36.3 Å². The second kappa shape index (κ2) is 9.25. The molecule has 0 unspecified atom stereocenters. The van der Waals surface area contributed by atoms with Crippen LogP contribution in [0.1, 0.15) is 39.2 Å². The molecule has 0 N–H and O–H groups in total. The average molecular weight is 393 g/mol. The molecule has 1 heterocycles. The van der Waals surface area contributed by atoms with Crippen LogP contribution in [0.4, 0.5) is 5.69 Å². The van der Waals surface area contributed by atoms with Gasteiger partial charge in [0.05, 0.1) is 0 Å². The van der Waals surface area contributed by atoms with E-state index in [2.05, 4.69) is 12.1 Å². The Morgan fingerprint density at radius 3 is 2.03 bits per heavy atom. The third kappa shape index (κ3) is 5.47. The molecule has 4 nitrogen and oxygen atoms in total. The van der Waals surface area contributed by atoms with Crippen molar-refractivity contribution in [3.8, 4) is 0 Å². The molecule has 1 fully saturated rings. The minimum atomic E-state index is -0.372. The van der Waals surface area contributed by atoms with Crippen LogP contribution in [0.3, 0.4) is 0 Å². The maximum Gasteiger partial charge on any atom is 0.230 e. The number of piperidine rings is 1. The Kier molecular flexibility index (Phi) is 6.73. The minimum Gasteiger partial charge on any atom is -0.342 e. The molecular weight excluding hydrogens is 360 g/mol. The van der Waals surface area contributed by atoms with E-state index in [1.54, 1.807) is 0 Å². The van der Waals surface area contributed by atoms with Crippen molar-refractivity contribution in [2.24, 2.45) is 11.3 Å². The van der Waals surface area contributed by atoms with Crippen LogP contribution >= 0.6 is 0 Å². The fourth-order valence-corrected chi connectivity index (χ4v) is 3.88. The van der Waals surface area contributed by atoms with Gasteiger partial charge in [-0.1, -0.05) is 69.3 Å². The van der Waals surface area contributed by atoms with Crippen molar-refractivity contribution in [1.82, 2.24) is 4.90 Å². The summed E-state index contributed by atoms with van der Waals surface area (Å²) in [4.78, 5) is 29.8. The molecule has 0 saturated carbocycles. The van der Waals surface area contributed by atoms with Crippen LogP contribution in [0.25, 0.3) is 0 Å². The summed E-state index contributed by atoms with van der Waals surface area (Å²) < 4.78 is 0. The lowest BCUT2D eigenvalue weighted by Gasteiger charge is -2.37. The van der Waals surface area contributed by atoms with Crippen molar-refractivity contribution in [2.45, 2.75) is 40.0 Å². The van der Waals surface area contributed by atoms with Crippen LogP contribution in [0.15, 0.2) is 60.7 Å². The number of amides is 2. The standard InChI is InChI=1S/C25H32N2O2/c1-25(2,3)24(29)26-17-15-21(16-18-26)23(28)27(22-12-8-5-9-13-22)19-14-20-10-6-4-7-11-20/h4-13,21H,14-19H2,1-3H3. The fourth-order valence-electron chi connectivity index (χ4n) is 3.88. The average Bonchev–Trinajstić information content (AvgIpc) is 2.74. The summed E-state index contributed by atoms with van der Waals surface area (Å²) >= 11 is 0. The summed E-state index contributed by atoms with van der Waals surface area (Å²) in [5.41, 5.74) is 1.80. The largest absolute Gasteiger partial charge is 0.342 e. The van der Waals surface area contributed by atoms with Gasteiger partial charge in [-0.25, -0.2) is 0 Å². The van der Waals surface area contributed by atoms with E-state index in [0.29, 0.717) is 19.6 Å². The van der Waals surface area contributed by atoms with Gasteiger partial charge in [-0.15, -0.1) is 0 Å². The van der Waals surface area contributed by atoms with Gasteiger partial charge in [-0.2, -0.15) is 0 Å². The van der Waals surface area contributed by atoms with Crippen LogP contribution in [-0.2, 0) is 16.0 Å². The van der Waals surface area contributed by atoms with E-state index in [0.717, 1.165) is 24.9 Å². The second-order valence-electron chi connectivity index (χ2n) is 8.88. The quantitative estimate of drug-likeness (QED) is 0.749. The first-order valence-electron chi connectivity index (χ1n) is 10.6. The summed E-state index contributed by atoms with van der Waals surface area (Å²) in [6, 6.07) is 20.2. The third-order valence-electron chi connectivity index (χ3n) is 5.57. The van der Waals surface area contributed by atoms with Gasteiger partial charge in [0.1, 0.15) is 0 Å². The second-order valence-corrected chi connectivity index (χ2v) is 8.88. The van der Waals surface area contributed by atoms with Gasteiger partial charge in [0, 0.05) is 36.7 Å². The fraction of sp³-hybridized carbons (Fsp3) is 0.440. The van der Waals surface area contributed by atoms with E-state index in [9.17, 15) is 9.59 Å². The molecule has 2 amide bonds. The predicted octanol–water partition coefficient (Wildman–Crippen LogP) is 4.55. The normalized spacial score (nSPS) is 15.2. The van der Waals surface area contributed by atoms with Crippen molar-refractivity contribution < 1.29 is 9.59 Å². The van der Waals surface area contributed by atoms with Crippen LogP contribution in [0.5, 0.6) is 0 Å². The van der Waals surface area contributed by atoms with Crippen LogP contribution in [0, 0.1) is 11.3 Å². The topological polar surface area (TPSA) is 40.6 Å². The Morgan fingerprint density at radius 1 is 0.931 bits per heavy atom. The lowest BCUT2D eigenvalue weighted by Crippen LogP contribution is -2.47. The third-order valence-corrected chi connectivity index (χ3v) is 5.57. The SMILES string of the molecule is CC(C)(C)C(=O)N1CCC(C(=O)N(CCc2ccccc2)c2ccccc2)CC1. The van der Waals surface area contributed by atoms with Gasteiger partial charge in [0.15, 0.2) is 0 Å². The van der Waals surface area contributed by atoms with Crippen LogP contribution in [0.2, 0.25) is 0 Å². The lowest BCUT2D eigenvalue weighted by molar-refractivity contribution is -0.142. The summed E-state index contributed by atoms with van der Waals surface area (Å²) in [7, 11) is 0. The van der Waals surface area contributed by atoms with Crippen molar-refractivity contribution in [2.75, 3.05) is 24.5 Å². The van der Waals surface area contributed by atoms with E-state index < -0.39 is 0 Å². The molecular formula is C25H32N2O2. The highest BCUT2D eigenvalue weighted by Gasteiger charge is 2.34. The maximum absolute atomic E-state index is 13.4. The zero-order chi connectivity index (χ0) is 20.9. The molecule has 1 aliphatic rings. The smallest absolute Gasteiger partial charge is 0.230 e. The number of carbonyl (C=O) groups excluding carboxylic acids is 2. The Bertz CT molecular complexity index is 804. The Hall–Kier alpha value is -2.62. The monoisotopic (exact) mass is 392 g/mol. The molecule has 0 atom stereocenters. The van der Waals surface area contributed by atoms with Crippen molar-refractivity contribution in [1.29, 1.82) is 0 Å². The molecule has 3 rings (SSSR count). The van der Waals surface area contributed by atoms with E-state index >= 15 is 0 Å². The van der Waals surface area contributed by atoms with Crippen molar-refractivity contribution >= 4 is 17.5 Å². The number of carbonyl (C=O) groups is 2. The maximum atomic E-state index is 13.4. The van der Waals surface area contributed by atoms with E-state index in [4.69, 9.17) is 0 Å². The first-order valence-corrected chi connectivity index (χ1v) is 10.6. The Balaban J connectivity index is 1.68. The molecule has 0 spiro atoms. The summed E-state index contributed by atoms with van der Waals surface area (Å²) in [6.07, 6.45) is 2.29. The number of hydrogen-bond acceptors (Lipinski definition) is 2.